The number of nitrogens with zero attached hydrogens (tertiary/aromatic N) is 2. The molecule has 0 bridgehead atoms. The van der Waals surface area contributed by atoms with Gasteiger partial charge in [-0.2, -0.15) is 0 Å². The Hall–Kier alpha value is -0.610. The van der Waals surface area contributed by atoms with Crippen LogP contribution >= 0.6 is 0 Å². The van der Waals surface area contributed by atoms with Crippen molar-refractivity contribution in [1.82, 2.24) is 9.80 Å². The Balaban J connectivity index is 1.89. The topological polar surface area (TPSA) is 49.6 Å². The second-order valence-corrected chi connectivity index (χ2v) is 5.79. The third kappa shape index (κ3) is 2.80. The quantitative estimate of drug-likeness (QED) is 0.778. The maximum absolute atomic E-state index is 11.8. The normalized spacial score (nSPS) is 30.3. The van der Waals surface area contributed by atoms with E-state index in [2.05, 4.69) is 4.90 Å². The third-order valence-corrected chi connectivity index (χ3v) is 4.45. The van der Waals surface area contributed by atoms with Crippen LogP contribution in [0, 0.1) is 11.8 Å². The fraction of sp³-hybridized carbons (Fsp3) is 0.923. The second kappa shape index (κ2) is 5.36. The second-order valence-electron chi connectivity index (χ2n) is 5.79. The third-order valence-electron chi connectivity index (χ3n) is 4.45. The predicted octanol–water partition coefficient (Wildman–Crippen LogP) is 0.524. The van der Waals surface area contributed by atoms with Gasteiger partial charge < -0.3 is 10.6 Å². The molecule has 3 atom stereocenters. The number of rotatable bonds is 4. The van der Waals surface area contributed by atoms with Crippen molar-refractivity contribution in [2.45, 2.75) is 31.7 Å². The molecule has 1 amide bonds. The Labute approximate surface area is 104 Å². The number of nitrogens with two attached hydrogens (primary N) is 1. The SMILES string of the molecule is CN(C)C(=O)CC(CN)N1CC2CCCC2C1. The van der Waals surface area contributed by atoms with Gasteiger partial charge in [0.05, 0.1) is 0 Å². The molecule has 1 saturated heterocycles. The summed E-state index contributed by atoms with van der Waals surface area (Å²) < 4.78 is 0. The van der Waals surface area contributed by atoms with Crippen molar-refractivity contribution in [2.24, 2.45) is 17.6 Å². The minimum absolute atomic E-state index is 0.192. The smallest absolute Gasteiger partial charge is 0.223 e. The minimum Gasteiger partial charge on any atom is -0.349 e. The van der Waals surface area contributed by atoms with Crippen LogP contribution in [0.5, 0.6) is 0 Å². The molecule has 0 radical (unpaired) electrons. The highest BCUT2D eigenvalue weighted by Crippen LogP contribution is 2.38. The molecule has 4 nitrogen and oxygen atoms in total. The lowest BCUT2D eigenvalue weighted by Gasteiger charge is -2.27. The summed E-state index contributed by atoms with van der Waals surface area (Å²) >= 11 is 0. The fourth-order valence-electron chi connectivity index (χ4n) is 3.32. The lowest BCUT2D eigenvalue weighted by molar-refractivity contribution is -0.129. The van der Waals surface area contributed by atoms with Gasteiger partial charge >= 0.3 is 0 Å². The van der Waals surface area contributed by atoms with Crippen LogP contribution in [0.3, 0.4) is 0 Å². The van der Waals surface area contributed by atoms with E-state index in [0.29, 0.717) is 13.0 Å². The van der Waals surface area contributed by atoms with Crippen LogP contribution < -0.4 is 5.73 Å². The molecule has 2 fully saturated rings. The maximum Gasteiger partial charge on any atom is 0.223 e. The highest BCUT2D eigenvalue weighted by molar-refractivity contribution is 5.76. The summed E-state index contributed by atoms with van der Waals surface area (Å²) in [4.78, 5) is 15.9. The minimum atomic E-state index is 0.192. The summed E-state index contributed by atoms with van der Waals surface area (Å²) in [6.07, 6.45) is 4.72. The van der Waals surface area contributed by atoms with E-state index < -0.39 is 0 Å². The number of carbonyl (C=O) groups excluding carboxylic acids is 1. The molecule has 0 aromatic rings. The molecule has 2 aliphatic rings. The van der Waals surface area contributed by atoms with E-state index in [1.54, 1.807) is 4.90 Å². The van der Waals surface area contributed by atoms with Crippen LogP contribution in [-0.2, 0) is 4.79 Å². The first-order valence-electron chi connectivity index (χ1n) is 6.76. The van der Waals surface area contributed by atoms with Crippen LogP contribution in [0.2, 0.25) is 0 Å². The average Bonchev–Trinajstić information content (AvgIpc) is 2.85. The van der Waals surface area contributed by atoms with Gasteiger partial charge in [0, 0.05) is 46.2 Å². The summed E-state index contributed by atoms with van der Waals surface area (Å²) in [5, 5.41) is 0. The molecule has 0 spiro atoms. The summed E-state index contributed by atoms with van der Waals surface area (Å²) in [5.74, 6) is 1.94. The lowest BCUT2D eigenvalue weighted by Crippen LogP contribution is -2.43. The van der Waals surface area contributed by atoms with Crippen molar-refractivity contribution < 1.29 is 4.79 Å². The first-order chi connectivity index (χ1) is 8.11. The largest absolute Gasteiger partial charge is 0.349 e. The van der Waals surface area contributed by atoms with Gasteiger partial charge in [-0.05, 0) is 24.7 Å². The van der Waals surface area contributed by atoms with Crippen molar-refractivity contribution in [2.75, 3.05) is 33.7 Å². The van der Waals surface area contributed by atoms with E-state index in [4.69, 9.17) is 5.73 Å². The zero-order chi connectivity index (χ0) is 12.4. The number of carbonyl (C=O) groups is 1. The molecule has 4 heteroatoms. The fourth-order valence-corrected chi connectivity index (χ4v) is 3.32. The summed E-state index contributed by atoms with van der Waals surface area (Å²) in [5.41, 5.74) is 5.84. The predicted molar refractivity (Wildman–Crippen MR) is 68.6 cm³/mol. The Morgan fingerprint density at radius 1 is 1.35 bits per heavy atom. The molecule has 2 N–H and O–H groups in total. The van der Waals surface area contributed by atoms with Crippen molar-refractivity contribution >= 4 is 5.91 Å². The first-order valence-corrected chi connectivity index (χ1v) is 6.76. The van der Waals surface area contributed by atoms with Crippen molar-refractivity contribution in [3.05, 3.63) is 0 Å². The molecule has 2 rings (SSSR count). The molecule has 1 aliphatic heterocycles. The number of likely N-dealkylation sites (tertiary alicyclic amines) is 1. The summed E-state index contributed by atoms with van der Waals surface area (Å²) in [6.45, 7) is 2.92. The number of amides is 1. The van der Waals surface area contributed by atoms with E-state index in [1.807, 2.05) is 14.1 Å². The number of hydrogen-bond acceptors (Lipinski definition) is 3. The van der Waals surface area contributed by atoms with Crippen molar-refractivity contribution in [3.8, 4) is 0 Å². The standard InChI is InChI=1S/C13H25N3O/c1-15(2)13(17)6-12(7-14)16-8-10-4-3-5-11(10)9-16/h10-12H,3-9,14H2,1-2H3. The highest BCUT2D eigenvalue weighted by Gasteiger charge is 2.38. The van der Waals surface area contributed by atoms with E-state index in [0.717, 1.165) is 24.9 Å². The summed E-state index contributed by atoms with van der Waals surface area (Å²) in [7, 11) is 3.63. The molecule has 0 aromatic carbocycles. The van der Waals surface area contributed by atoms with E-state index in [-0.39, 0.29) is 11.9 Å². The molecular weight excluding hydrogens is 214 g/mol. The Morgan fingerprint density at radius 2 is 1.94 bits per heavy atom. The van der Waals surface area contributed by atoms with Gasteiger partial charge in [0.1, 0.15) is 0 Å². The van der Waals surface area contributed by atoms with E-state index >= 15 is 0 Å². The van der Waals surface area contributed by atoms with Gasteiger partial charge in [-0.1, -0.05) is 6.42 Å². The highest BCUT2D eigenvalue weighted by atomic mass is 16.2. The molecule has 0 aromatic heterocycles. The maximum atomic E-state index is 11.8. The summed E-state index contributed by atoms with van der Waals surface area (Å²) in [6, 6.07) is 0.246. The lowest BCUT2D eigenvalue weighted by atomic mass is 10.0. The van der Waals surface area contributed by atoms with Gasteiger partial charge in [-0.3, -0.25) is 9.69 Å². The zero-order valence-electron chi connectivity index (χ0n) is 11.1. The molecule has 98 valence electrons. The van der Waals surface area contributed by atoms with Crippen LogP contribution in [-0.4, -0.2) is 55.5 Å². The monoisotopic (exact) mass is 239 g/mol. The molecule has 1 aliphatic carbocycles. The zero-order valence-corrected chi connectivity index (χ0v) is 11.1. The van der Waals surface area contributed by atoms with Gasteiger partial charge in [-0.25, -0.2) is 0 Å². The van der Waals surface area contributed by atoms with E-state index in [1.165, 1.54) is 19.3 Å². The Kier molecular flexibility index (Phi) is 4.05. The van der Waals surface area contributed by atoms with Gasteiger partial charge in [0.2, 0.25) is 5.91 Å². The van der Waals surface area contributed by atoms with Gasteiger partial charge in [-0.15, -0.1) is 0 Å². The molecule has 1 heterocycles. The number of fused-ring (bicyclic) bond motifs is 1. The molecule has 1 saturated carbocycles. The first kappa shape index (κ1) is 12.8. The van der Waals surface area contributed by atoms with Crippen LogP contribution in [0.4, 0.5) is 0 Å². The Bertz CT molecular complexity index is 268. The molecule has 3 unspecified atom stereocenters. The van der Waals surface area contributed by atoms with E-state index in [9.17, 15) is 4.79 Å². The number of hydrogen-bond donors (Lipinski definition) is 1. The molecule has 17 heavy (non-hydrogen) atoms. The van der Waals surface area contributed by atoms with Crippen molar-refractivity contribution in [1.29, 1.82) is 0 Å². The van der Waals surface area contributed by atoms with Crippen LogP contribution in [0.1, 0.15) is 25.7 Å². The van der Waals surface area contributed by atoms with Crippen molar-refractivity contribution in [3.63, 3.8) is 0 Å². The molecular formula is C13H25N3O. The van der Waals surface area contributed by atoms with Crippen LogP contribution in [0.15, 0.2) is 0 Å². The van der Waals surface area contributed by atoms with Gasteiger partial charge in [0.15, 0.2) is 0 Å². The average molecular weight is 239 g/mol. The Morgan fingerprint density at radius 3 is 2.41 bits per heavy atom. The van der Waals surface area contributed by atoms with Gasteiger partial charge in [0.25, 0.3) is 0 Å². The van der Waals surface area contributed by atoms with Crippen LogP contribution in [0.25, 0.3) is 0 Å².